The van der Waals surface area contributed by atoms with Crippen LogP contribution >= 0.6 is 23.4 Å². The number of aromatic nitrogens is 2. The predicted molar refractivity (Wildman–Crippen MR) is 123 cm³/mol. The Balaban J connectivity index is 1.30. The highest BCUT2D eigenvalue weighted by atomic mass is 35.5. The minimum atomic E-state index is -0.187. The molecule has 0 saturated carbocycles. The van der Waals surface area contributed by atoms with Gasteiger partial charge in [-0.3, -0.25) is 9.69 Å². The molecule has 0 spiro atoms. The third-order valence-corrected chi connectivity index (χ3v) is 6.46. The van der Waals surface area contributed by atoms with Crippen LogP contribution in [0.2, 0.25) is 5.02 Å². The SMILES string of the molecule is O=C(CSc1nc(CN2CCOCC2)nc2ccccc12)Nc1cc2c(cc1Cl)OCO2. The van der Waals surface area contributed by atoms with Gasteiger partial charge >= 0.3 is 0 Å². The molecule has 1 N–H and O–H groups in total. The van der Waals surface area contributed by atoms with Crippen LogP contribution in [0.3, 0.4) is 0 Å². The van der Waals surface area contributed by atoms with E-state index in [1.165, 1.54) is 11.8 Å². The number of carbonyl (C=O) groups is 1. The van der Waals surface area contributed by atoms with Crippen LogP contribution in [0.25, 0.3) is 10.9 Å². The van der Waals surface area contributed by atoms with Crippen molar-refractivity contribution in [3.63, 3.8) is 0 Å². The van der Waals surface area contributed by atoms with E-state index in [-0.39, 0.29) is 18.5 Å². The smallest absolute Gasteiger partial charge is 0.234 e. The summed E-state index contributed by atoms with van der Waals surface area (Å²) in [5, 5.41) is 4.95. The highest BCUT2D eigenvalue weighted by molar-refractivity contribution is 8.00. The molecule has 2 aliphatic heterocycles. The van der Waals surface area contributed by atoms with Crippen molar-refractivity contribution in [1.29, 1.82) is 0 Å². The van der Waals surface area contributed by atoms with Crippen LogP contribution in [0.15, 0.2) is 41.4 Å². The highest BCUT2D eigenvalue weighted by Crippen LogP contribution is 2.39. The van der Waals surface area contributed by atoms with Crippen LogP contribution in [0.4, 0.5) is 5.69 Å². The van der Waals surface area contributed by atoms with Gasteiger partial charge in [-0.25, -0.2) is 9.97 Å². The van der Waals surface area contributed by atoms with E-state index in [2.05, 4.69) is 10.2 Å². The summed E-state index contributed by atoms with van der Waals surface area (Å²) in [5.41, 5.74) is 1.36. The zero-order valence-corrected chi connectivity index (χ0v) is 18.7. The number of carbonyl (C=O) groups excluding carboxylic acids is 1. The number of anilines is 1. The summed E-state index contributed by atoms with van der Waals surface area (Å²) in [6.07, 6.45) is 0. The van der Waals surface area contributed by atoms with Gasteiger partial charge in [0.25, 0.3) is 0 Å². The number of nitrogens with zero attached hydrogens (tertiary/aromatic N) is 3. The number of nitrogens with one attached hydrogen (secondary N) is 1. The monoisotopic (exact) mass is 472 g/mol. The van der Waals surface area contributed by atoms with Gasteiger partial charge in [0.05, 0.1) is 41.7 Å². The lowest BCUT2D eigenvalue weighted by molar-refractivity contribution is -0.113. The first-order chi connectivity index (χ1) is 15.7. The first kappa shape index (κ1) is 21.3. The molecule has 0 radical (unpaired) electrons. The Morgan fingerprint density at radius 2 is 1.91 bits per heavy atom. The van der Waals surface area contributed by atoms with Crippen LogP contribution in [0, 0.1) is 0 Å². The summed E-state index contributed by atoms with van der Waals surface area (Å²) in [6, 6.07) is 11.2. The molecule has 8 nitrogen and oxygen atoms in total. The number of hydrogen-bond donors (Lipinski definition) is 1. The second kappa shape index (κ2) is 9.50. The Hall–Kier alpha value is -2.59. The molecule has 2 aliphatic rings. The molecule has 1 saturated heterocycles. The number of thioether (sulfide) groups is 1. The average molecular weight is 473 g/mol. The Morgan fingerprint density at radius 3 is 2.75 bits per heavy atom. The van der Waals surface area contributed by atoms with E-state index >= 15 is 0 Å². The summed E-state index contributed by atoms with van der Waals surface area (Å²) in [4.78, 5) is 24.4. The maximum absolute atomic E-state index is 12.6. The van der Waals surface area contributed by atoms with Crippen LogP contribution in [-0.2, 0) is 16.1 Å². The molecular formula is C22H21ClN4O4S. The fraction of sp³-hybridized carbons (Fsp3) is 0.318. The normalized spacial score (nSPS) is 15.8. The standard InChI is InChI=1S/C22H21ClN4O4S/c23-15-9-18-19(31-13-30-18)10-17(15)25-21(28)12-32-22-14-3-1-2-4-16(14)24-20(26-22)11-27-5-7-29-8-6-27/h1-4,9-10H,5-8,11-13H2,(H,25,28). The van der Waals surface area contributed by atoms with Crippen LogP contribution < -0.4 is 14.8 Å². The minimum Gasteiger partial charge on any atom is -0.454 e. The van der Waals surface area contributed by atoms with Gasteiger partial charge in [0.1, 0.15) is 10.9 Å². The van der Waals surface area contributed by atoms with Crippen molar-refractivity contribution in [3.05, 3.63) is 47.2 Å². The summed E-state index contributed by atoms with van der Waals surface area (Å²) in [6.45, 7) is 3.96. The lowest BCUT2D eigenvalue weighted by Gasteiger charge is -2.25. The molecule has 10 heteroatoms. The molecular weight excluding hydrogens is 452 g/mol. The molecule has 0 aliphatic carbocycles. The largest absolute Gasteiger partial charge is 0.454 e. The molecule has 0 atom stereocenters. The number of halogens is 1. The van der Waals surface area contributed by atoms with Crippen molar-refractivity contribution in [3.8, 4) is 11.5 Å². The summed E-state index contributed by atoms with van der Waals surface area (Å²) in [5.74, 6) is 1.87. The number of morpholine rings is 1. The topological polar surface area (TPSA) is 85.8 Å². The molecule has 32 heavy (non-hydrogen) atoms. The van der Waals surface area contributed by atoms with Crippen molar-refractivity contribution in [2.24, 2.45) is 0 Å². The first-order valence-electron chi connectivity index (χ1n) is 10.2. The summed E-state index contributed by atoms with van der Waals surface area (Å²) >= 11 is 7.65. The number of amides is 1. The zero-order valence-electron chi connectivity index (χ0n) is 17.2. The van der Waals surface area contributed by atoms with E-state index < -0.39 is 0 Å². The van der Waals surface area contributed by atoms with Crippen molar-refractivity contribution >= 4 is 45.9 Å². The third kappa shape index (κ3) is 4.75. The fourth-order valence-electron chi connectivity index (χ4n) is 3.57. The lowest BCUT2D eigenvalue weighted by atomic mass is 10.2. The van der Waals surface area contributed by atoms with Gasteiger partial charge in [0.2, 0.25) is 12.7 Å². The molecule has 5 rings (SSSR count). The maximum Gasteiger partial charge on any atom is 0.234 e. The Morgan fingerprint density at radius 1 is 1.12 bits per heavy atom. The Bertz CT molecular complexity index is 1160. The average Bonchev–Trinajstić information content (AvgIpc) is 3.25. The predicted octanol–water partition coefficient (Wildman–Crippen LogP) is 3.57. The van der Waals surface area contributed by atoms with Crippen molar-refractivity contribution < 1.29 is 19.0 Å². The zero-order chi connectivity index (χ0) is 21.9. The van der Waals surface area contributed by atoms with E-state index in [1.54, 1.807) is 12.1 Å². The van der Waals surface area contributed by atoms with E-state index in [9.17, 15) is 4.79 Å². The first-order valence-corrected chi connectivity index (χ1v) is 11.6. The highest BCUT2D eigenvalue weighted by Gasteiger charge is 2.19. The van der Waals surface area contributed by atoms with Gasteiger partial charge in [0.15, 0.2) is 11.5 Å². The molecule has 3 aromatic rings. The number of rotatable bonds is 6. The van der Waals surface area contributed by atoms with Crippen molar-refractivity contribution in [2.45, 2.75) is 11.6 Å². The second-order valence-electron chi connectivity index (χ2n) is 7.37. The van der Waals surface area contributed by atoms with Gasteiger partial charge in [-0.2, -0.15) is 0 Å². The molecule has 0 bridgehead atoms. The van der Waals surface area contributed by atoms with E-state index in [0.29, 0.717) is 28.8 Å². The number of ether oxygens (including phenoxy) is 3. The quantitative estimate of drug-likeness (QED) is 0.430. The Kier molecular flexibility index (Phi) is 6.31. The van der Waals surface area contributed by atoms with E-state index in [0.717, 1.165) is 48.1 Å². The molecule has 1 amide bonds. The molecule has 2 aromatic carbocycles. The van der Waals surface area contributed by atoms with Gasteiger partial charge in [-0.15, -0.1) is 0 Å². The van der Waals surface area contributed by atoms with Gasteiger partial charge < -0.3 is 19.5 Å². The number of hydrogen-bond acceptors (Lipinski definition) is 8. The molecule has 3 heterocycles. The maximum atomic E-state index is 12.6. The van der Waals surface area contributed by atoms with Gasteiger partial charge in [0, 0.05) is 30.6 Å². The number of fused-ring (bicyclic) bond motifs is 2. The van der Waals surface area contributed by atoms with Gasteiger partial charge in [-0.1, -0.05) is 41.6 Å². The Labute approximate surface area is 194 Å². The van der Waals surface area contributed by atoms with Crippen LogP contribution in [0.5, 0.6) is 11.5 Å². The number of para-hydroxylation sites is 1. The van der Waals surface area contributed by atoms with Crippen LogP contribution in [0.1, 0.15) is 5.82 Å². The minimum absolute atomic E-state index is 0.145. The molecule has 0 unspecified atom stereocenters. The van der Waals surface area contributed by atoms with E-state index in [1.807, 2.05) is 24.3 Å². The van der Waals surface area contributed by atoms with Gasteiger partial charge in [-0.05, 0) is 6.07 Å². The lowest BCUT2D eigenvalue weighted by Crippen LogP contribution is -2.36. The van der Waals surface area contributed by atoms with Crippen LogP contribution in [-0.4, -0.2) is 59.6 Å². The van der Waals surface area contributed by atoms with Crippen molar-refractivity contribution in [1.82, 2.24) is 14.9 Å². The molecule has 1 aromatic heterocycles. The summed E-state index contributed by atoms with van der Waals surface area (Å²) < 4.78 is 16.1. The summed E-state index contributed by atoms with van der Waals surface area (Å²) in [7, 11) is 0. The number of benzene rings is 2. The second-order valence-corrected chi connectivity index (χ2v) is 8.74. The molecule has 166 valence electrons. The molecule has 1 fully saturated rings. The van der Waals surface area contributed by atoms with Crippen molar-refractivity contribution in [2.75, 3.05) is 44.2 Å². The third-order valence-electron chi connectivity index (χ3n) is 5.16. The fourth-order valence-corrected chi connectivity index (χ4v) is 4.61. The van der Waals surface area contributed by atoms with E-state index in [4.69, 9.17) is 35.8 Å².